The van der Waals surface area contributed by atoms with E-state index in [4.69, 9.17) is 10.8 Å². The van der Waals surface area contributed by atoms with E-state index in [9.17, 15) is 33.9 Å². The van der Waals surface area contributed by atoms with Gasteiger partial charge in [-0.1, -0.05) is 49.5 Å². The number of imidazole rings is 1. The van der Waals surface area contributed by atoms with Gasteiger partial charge in [0.1, 0.15) is 17.7 Å². The lowest BCUT2D eigenvalue weighted by Gasteiger charge is -2.32. The lowest BCUT2D eigenvalue weighted by atomic mass is 9.84. The maximum atomic E-state index is 14.7. The fourth-order valence-corrected chi connectivity index (χ4v) is 7.28. The van der Waals surface area contributed by atoms with Crippen LogP contribution in [0.2, 0.25) is 0 Å². The van der Waals surface area contributed by atoms with E-state index in [2.05, 4.69) is 36.2 Å². The summed E-state index contributed by atoms with van der Waals surface area (Å²) >= 11 is 0. The molecule has 1 saturated heterocycles. The molecule has 5 rings (SSSR count). The molecule has 0 spiro atoms. The SMILES string of the molecule is CC(C)(O)c1cnnn1[C@H]1C[C@@H](C(=O)NC(CCCCNC(=O)O)C(=O)C(N)=O)N(C(=O)[C@@H](CC2CCCCC2)NC(=O)c2nc3ccccc3[nH]2)C1. The Kier molecular flexibility index (Phi) is 12.4. The zero-order valence-electron chi connectivity index (χ0n) is 29.9. The number of amides is 5. The first kappa shape index (κ1) is 38.8. The van der Waals surface area contributed by atoms with Gasteiger partial charge < -0.3 is 41.8 Å². The number of ketones is 1. The Morgan fingerprint density at radius 3 is 2.45 bits per heavy atom. The van der Waals surface area contributed by atoms with Crippen molar-refractivity contribution in [3.05, 3.63) is 42.0 Å². The molecular weight excluding hydrogens is 688 g/mol. The second kappa shape index (κ2) is 17.0. The Balaban J connectivity index is 1.43. The number of H-pyrrole nitrogens is 1. The fraction of sp³-hybridized carbons (Fsp3) is 0.571. The van der Waals surface area contributed by atoms with Crippen LogP contribution in [0.15, 0.2) is 30.5 Å². The standard InChI is InChI=1S/C35H48N10O8/c1-35(2,53)27-18-38-43-45(27)21-17-26(31(48)41-24(28(46)29(36)47)14-8-9-15-37-34(51)52)44(19-21)33(50)25(16-20-10-4-3-5-11-20)42-32(49)30-39-22-12-6-7-13-23(22)40-30/h6-7,12-13,18,20-21,24-26,37,53H,3-5,8-11,14-17,19H2,1-2H3,(H2,36,47)(H,39,40)(H,41,48)(H,42,49)(H,51,52)/t21-,24?,25+,26-/m0/s1. The second-order valence-corrected chi connectivity index (χ2v) is 14.4. The Bertz CT molecular complexity index is 1780. The number of primary amides is 1. The number of benzene rings is 1. The van der Waals surface area contributed by atoms with Gasteiger partial charge in [0.05, 0.1) is 35.0 Å². The molecule has 18 nitrogen and oxygen atoms in total. The van der Waals surface area contributed by atoms with Gasteiger partial charge >= 0.3 is 6.09 Å². The van der Waals surface area contributed by atoms with Gasteiger partial charge in [0, 0.05) is 19.5 Å². The highest BCUT2D eigenvalue weighted by Crippen LogP contribution is 2.33. The van der Waals surface area contributed by atoms with Gasteiger partial charge in [-0.3, -0.25) is 24.0 Å². The van der Waals surface area contributed by atoms with Crippen LogP contribution in [-0.2, 0) is 24.8 Å². The predicted octanol–water partition coefficient (Wildman–Crippen LogP) is 1.27. The van der Waals surface area contributed by atoms with Crippen LogP contribution in [0.5, 0.6) is 0 Å². The van der Waals surface area contributed by atoms with Gasteiger partial charge in [-0.2, -0.15) is 0 Å². The molecule has 3 heterocycles. The highest BCUT2D eigenvalue weighted by molar-refractivity contribution is 6.37. The summed E-state index contributed by atoms with van der Waals surface area (Å²) in [4.78, 5) is 86.9. The minimum atomic E-state index is -1.36. The quantitative estimate of drug-likeness (QED) is 0.0813. The number of fused-ring (bicyclic) bond motifs is 1. The molecule has 8 N–H and O–H groups in total. The van der Waals surface area contributed by atoms with Crippen molar-refractivity contribution in [3.8, 4) is 0 Å². The molecule has 1 aliphatic heterocycles. The van der Waals surface area contributed by atoms with Gasteiger partial charge in [-0.25, -0.2) is 14.5 Å². The lowest BCUT2D eigenvalue weighted by molar-refractivity contribution is -0.142. The molecule has 0 radical (unpaired) electrons. The van der Waals surface area contributed by atoms with Crippen molar-refractivity contribution >= 4 is 46.5 Å². The van der Waals surface area contributed by atoms with Crippen LogP contribution in [0.1, 0.15) is 100 Å². The molecule has 286 valence electrons. The number of hydrogen-bond acceptors (Lipinski definition) is 10. The molecular formula is C35H48N10O8. The van der Waals surface area contributed by atoms with Crippen molar-refractivity contribution in [1.82, 2.24) is 45.8 Å². The van der Waals surface area contributed by atoms with Crippen molar-refractivity contribution in [1.29, 1.82) is 0 Å². The summed E-state index contributed by atoms with van der Waals surface area (Å²) < 4.78 is 1.47. The number of aromatic nitrogens is 5. The summed E-state index contributed by atoms with van der Waals surface area (Å²) in [5.41, 5.74) is 5.54. The number of carboxylic acid groups (broad SMARTS) is 1. The number of carbonyl (C=O) groups excluding carboxylic acids is 5. The first-order valence-electron chi connectivity index (χ1n) is 18.0. The number of aliphatic hydroxyl groups is 1. The van der Waals surface area contributed by atoms with Crippen LogP contribution in [-0.4, -0.2) is 107 Å². The third kappa shape index (κ3) is 9.74. The van der Waals surface area contributed by atoms with E-state index >= 15 is 0 Å². The number of nitrogens with two attached hydrogens (primary N) is 1. The molecule has 0 bridgehead atoms. The van der Waals surface area contributed by atoms with E-state index in [1.807, 2.05) is 6.07 Å². The van der Waals surface area contributed by atoms with E-state index in [1.54, 1.807) is 32.0 Å². The summed E-state index contributed by atoms with van der Waals surface area (Å²) in [7, 11) is 0. The van der Waals surface area contributed by atoms with Crippen molar-refractivity contribution in [2.75, 3.05) is 13.1 Å². The minimum Gasteiger partial charge on any atom is -0.465 e. The summed E-state index contributed by atoms with van der Waals surface area (Å²) in [5, 5.41) is 35.6. The number of likely N-dealkylation sites (tertiary alicyclic amines) is 1. The van der Waals surface area contributed by atoms with Crippen LogP contribution >= 0.6 is 0 Å². The smallest absolute Gasteiger partial charge is 0.404 e. The third-order valence-corrected chi connectivity index (χ3v) is 9.99. The predicted molar refractivity (Wildman–Crippen MR) is 189 cm³/mol. The molecule has 1 aliphatic carbocycles. The molecule has 18 heteroatoms. The average Bonchev–Trinajstić information content (AvgIpc) is 3.89. The first-order chi connectivity index (χ1) is 25.2. The van der Waals surface area contributed by atoms with E-state index in [0.29, 0.717) is 29.6 Å². The molecule has 1 aromatic carbocycles. The average molecular weight is 737 g/mol. The Labute approximate surface area is 305 Å². The second-order valence-electron chi connectivity index (χ2n) is 14.4. The van der Waals surface area contributed by atoms with Crippen LogP contribution < -0.4 is 21.7 Å². The number of hydrogen-bond donors (Lipinski definition) is 7. The topological polar surface area (TPSA) is 268 Å². The maximum absolute atomic E-state index is 14.7. The van der Waals surface area contributed by atoms with E-state index < -0.39 is 65.3 Å². The zero-order chi connectivity index (χ0) is 38.3. The lowest BCUT2D eigenvalue weighted by Crippen LogP contribution is -2.56. The molecule has 2 aromatic heterocycles. The third-order valence-electron chi connectivity index (χ3n) is 9.99. The van der Waals surface area contributed by atoms with E-state index in [1.165, 1.54) is 15.8 Å². The monoisotopic (exact) mass is 736 g/mol. The van der Waals surface area contributed by atoms with Crippen molar-refractivity contribution in [2.24, 2.45) is 11.7 Å². The van der Waals surface area contributed by atoms with Crippen LogP contribution in [0.3, 0.4) is 0 Å². The summed E-state index contributed by atoms with van der Waals surface area (Å²) in [6, 6.07) is 2.97. The van der Waals surface area contributed by atoms with Crippen molar-refractivity contribution in [2.45, 2.75) is 108 Å². The molecule has 5 amide bonds. The zero-order valence-corrected chi connectivity index (χ0v) is 29.9. The highest BCUT2D eigenvalue weighted by atomic mass is 16.4. The summed E-state index contributed by atoms with van der Waals surface area (Å²) in [6.45, 7) is 3.17. The fourth-order valence-electron chi connectivity index (χ4n) is 7.28. The molecule has 53 heavy (non-hydrogen) atoms. The largest absolute Gasteiger partial charge is 0.465 e. The number of nitrogens with zero attached hydrogens (tertiary/aromatic N) is 5. The molecule has 4 atom stereocenters. The normalized spacial score (nSPS) is 19.0. The van der Waals surface area contributed by atoms with Gasteiger partial charge in [0.2, 0.25) is 17.6 Å². The molecule has 1 unspecified atom stereocenters. The maximum Gasteiger partial charge on any atom is 0.404 e. The van der Waals surface area contributed by atoms with E-state index in [0.717, 1.165) is 32.1 Å². The Hall–Kier alpha value is -5.39. The number of rotatable bonds is 16. The van der Waals surface area contributed by atoms with Gasteiger partial charge in [-0.05, 0) is 57.6 Å². The van der Waals surface area contributed by atoms with Crippen molar-refractivity contribution < 1.29 is 39.0 Å². The number of para-hydroxylation sites is 2. The van der Waals surface area contributed by atoms with Crippen LogP contribution in [0.4, 0.5) is 4.79 Å². The summed E-state index contributed by atoms with van der Waals surface area (Å²) in [6.07, 6.45) is 5.94. The first-order valence-corrected chi connectivity index (χ1v) is 18.0. The number of nitrogens with one attached hydrogen (secondary N) is 4. The van der Waals surface area contributed by atoms with Gasteiger partial charge in [0.25, 0.3) is 11.8 Å². The number of unbranched alkanes of at least 4 members (excludes halogenated alkanes) is 1. The summed E-state index contributed by atoms with van der Waals surface area (Å²) in [5.74, 6) is -3.95. The van der Waals surface area contributed by atoms with Crippen molar-refractivity contribution in [3.63, 3.8) is 0 Å². The van der Waals surface area contributed by atoms with Crippen LogP contribution in [0, 0.1) is 5.92 Å². The molecule has 3 aromatic rings. The Morgan fingerprint density at radius 2 is 1.77 bits per heavy atom. The number of carbonyl (C=O) groups is 6. The molecule has 2 aliphatic rings. The molecule has 1 saturated carbocycles. The minimum absolute atomic E-state index is 0.0112. The van der Waals surface area contributed by atoms with Gasteiger partial charge in [-0.15, -0.1) is 5.10 Å². The Morgan fingerprint density at radius 1 is 1.04 bits per heavy atom. The number of aromatic amines is 1. The molecule has 2 fully saturated rings. The van der Waals surface area contributed by atoms with Crippen LogP contribution in [0.25, 0.3) is 11.0 Å². The van der Waals surface area contributed by atoms with Gasteiger partial charge in [0.15, 0.2) is 5.82 Å². The van der Waals surface area contributed by atoms with E-state index in [-0.39, 0.29) is 44.1 Å². The highest BCUT2D eigenvalue weighted by Gasteiger charge is 2.45. The number of Topliss-reactive ketones (excluding diaryl/α,β-unsaturated/α-hetero) is 1.